The van der Waals surface area contributed by atoms with E-state index in [4.69, 9.17) is 25.7 Å². The molecule has 11 heteroatoms. The lowest BCUT2D eigenvalue weighted by molar-refractivity contribution is -0.137. The van der Waals surface area contributed by atoms with Crippen molar-refractivity contribution in [1.82, 2.24) is 4.90 Å². The number of nitrogens with zero attached hydrogens (tertiary/aromatic N) is 1. The molecule has 0 atom stereocenters. The topological polar surface area (TPSA) is 163 Å². The first kappa shape index (κ1) is 30.6. The molecule has 0 aromatic heterocycles. The number of phenols is 1. The molecular formula is C27H34BrN3O7. The van der Waals surface area contributed by atoms with E-state index in [1.54, 1.807) is 24.0 Å². The Bertz CT molecular complexity index is 1250. The molecule has 2 aromatic carbocycles. The van der Waals surface area contributed by atoms with Gasteiger partial charge in [-0.05, 0) is 48.6 Å². The first-order chi connectivity index (χ1) is 17.3. The van der Waals surface area contributed by atoms with E-state index in [1.165, 1.54) is 12.1 Å². The molecule has 1 heterocycles. The number of amidine groups is 1. The molecule has 0 bridgehead atoms. The van der Waals surface area contributed by atoms with Crippen LogP contribution in [0.5, 0.6) is 17.2 Å². The van der Waals surface area contributed by atoms with Gasteiger partial charge in [0.15, 0.2) is 17.3 Å². The Hall–Kier alpha value is -3.60. The summed E-state index contributed by atoms with van der Waals surface area (Å²) in [6.45, 7) is 8.04. The fourth-order valence-electron chi connectivity index (χ4n) is 4.15. The number of Topliss-reactive ketones (excluding diaryl/α,β-unsaturated/α-hetero) is 1. The molecule has 0 radical (unpaired) electrons. The van der Waals surface area contributed by atoms with Crippen molar-refractivity contribution >= 4 is 40.5 Å². The predicted molar refractivity (Wildman–Crippen MR) is 147 cm³/mol. The molecule has 5 N–H and O–H groups in total. The average molecular weight is 592 g/mol. The van der Waals surface area contributed by atoms with Crippen molar-refractivity contribution in [3.05, 3.63) is 52.1 Å². The highest BCUT2D eigenvalue weighted by molar-refractivity contribution is 8.93. The number of rotatable bonds is 11. The number of hydrogen-bond acceptors (Lipinski definition) is 7. The third kappa shape index (κ3) is 6.83. The molecule has 0 spiro atoms. The van der Waals surface area contributed by atoms with E-state index >= 15 is 0 Å². The molecule has 0 aliphatic carbocycles. The molecular weight excluding hydrogens is 558 g/mol. The number of carboxylic acid groups (broad SMARTS) is 1. The van der Waals surface area contributed by atoms with Gasteiger partial charge >= 0.3 is 5.97 Å². The first-order valence-electron chi connectivity index (χ1n) is 12.0. The van der Waals surface area contributed by atoms with Gasteiger partial charge in [0.1, 0.15) is 11.6 Å². The van der Waals surface area contributed by atoms with Crippen LogP contribution in [0.3, 0.4) is 0 Å². The molecule has 206 valence electrons. The van der Waals surface area contributed by atoms with E-state index in [2.05, 4.69) is 0 Å². The SMILES string of the molecule is Br.CCOc1cc2c(cc1C(N)=O)C(=N)N(CC(=O)c1cc(OCCCC(=O)O)c(O)c(C(C)(C)C)c1)C2. The number of hydrogen-bond donors (Lipinski definition) is 4. The molecule has 2 aromatic rings. The van der Waals surface area contributed by atoms with Crippen molar-refractivity contribution < 1.29 is 34.1 Å². The van der Waals surface area contributed by atoms with Gasteiger partial charge in [0, 0.05) is 29.7 Å². The minimum atomic E-state index is -0.947. The Morgan fingerprint density at radius 1 is 1.11 bits per heavy atom. The lowest BCUT2D eigenvalue weighted by Gasteiger charge is -2.24. The minimum Gasteiger partial charge on any atom is -0.504 e. The summed E-state index contributed by atoms with van der Waals surface area (Å²) in [6, 6.07) is 6.27. The van der Waals surface area contributed by atoms with E-state index in [9.17, 15) is 19.5 Å². The van der Waals surface area contributed by atoms with Crippen LogP contribution in [0.15, 0.2) is 24.3 Å². The number of aromatic hydroxyl groups is 1. The first-order valence-corrected chi connectivity index (χ1v) is 12.0. The second kappa shape index (κ2) is 12.3. The number of aliphatic carboxylic acids is 1. The summed E-state index contributed by atoms with van der Waals surface area (Å²) in [5.74, 6) is -1.46. The van der Waals surface area contributed by atoms with E-state index in [0.717, 1.165) is 5.56 Å². The highest BCUT2D eigenvalue weighted by atomic mass is 79.9. The molecule has 3 rings (SSSR count). The third-order valence-corrected chi connectivity index (χ3v) is 6.04. The Morgan fingerprint density at radius 3 is 2.37 bits per heavy atom. The maximum Gasteiger partial charge on any atom is 0.303 e. The van der Waals surface area contributed by atoms with Crippen LogP contribution in [0.2, 0.25) is 0 Å². The number of carbonyl (C=O) groups excluding carboxylic acids is 2. The van der Waals surface area contributed by atoms with Crippen LogP contribution < -0.4 is 15.2 Å². The number of ether oxygens (including phenoxy) is 2. The maximum absolute atomic E-state index is 13.4. The molecule has 10 nitrogen and oxygen atoms in total. The largest absolute Gasteiger partial charge is 0.504 e. The number of carbonyl (C=O) groups is 3. The Balaban J connectivity index is 0.00000507. The van der Waals surface area contributed by atoms with Gasteiger partial charge in [-0.25, -0.2) is 0 Å². The normalized spacial score (nSPS) is 12.5. The van der Waals surface area contributed by atoms with E-state index in [0.29, 0.717) is 29.0 Å². The molecule has 38 heavy (non-hydrogen) atoms. The third-order valence-electron chi connectivity index (χ3n) is 6.04. The zero-order valence-electron chi connectivity index (χ0n) is 21.9. The van der Waals surface area contributed by atoms with E-state index in [-0.39, 0.29) is 78.2 Å². The number of phenolic OH excluding ortho intramolecular Hbond substituents is 1. The maximum atomic E-state index is 13.4. The molecule has 1 aliphatic rings. The van der Waals surface area contributed by atoms with Gasteiger partial charge < -0.3 is 30.3 Å². The second-order valence-corrected chi connectivity index (χ2v) is 9.90. The lowest BCUT2D eigenvalue weighted by atomic mass is 9.84. The number of amides is 1. The number of primary amides is 1. The van der Waals surface area contributed by atoms with Crippen molar-refractivity contribution in [1.29, 1.82) is 5.41 Å². The smallest absolute Gasteiger partial charge is 0.303 e. The Labute approximate surface area is 232 Å². The van der Waals surface area contributed by atoms with Gasteiger partial charge in [0.25, 0.3) is 5.91 Å². The summed E-state index contributed by atoms with van der Waals surface area (Å²) in [4.78, 5) is 37.6. The summed E-state index contributed by atoms with van der Waals surface area (Å²) in [5, 5.41) is 28.2. The van der Waals surface area contributed by atoms with Crippen molar-refractivity contribution in [3.8, 4) is 17.2 Å². The number of nitrogens with one attached hydrogen (secondary N) is 1. The van der Waals surface area contributed by atoms with Gasteiger partial charge in [0.2, 0.25) is 0 Å². The summed E-state index contributed by atoms with van der Waals surface area (Å²) in [6.07, 6.45) is 0.170. The second-order valence-electron chi connectivity index (χ2n) is 9.90. The number of carboxylic acids is 1. The van der Waals surface area contributed by atoms with E-state index in [1.807, 2.05) is 20.8 Å². The summed E-state index contributed by atoms with van der Waals surface area (Å²) in [5.41, 5.74) is 7.23. The number of fused-ring (bicyclic) bond motifs is 1. The fraction of sp³-hybridized carbons (Fsp3) is 0.407. The monoisotopic (exact) mass is 591 g/mol. The van der Waals surface area contributed by atoms with Crippen LogP contribution in [0, 0.1) is 5.41 Å². The van der Waals surface area contributed by atoms with Gasteiger partial charge in [-0.2, -0.15) is 0 Å². The summed E-state index contributed by atoms with van der Waals surface area (Å²) in [7, 11) is 0. The molecule has 1 amide bonds. The number of benzene rings is 2. The van der Waals surface area contributed by atoms with Gasteiger partial charge in [-0.15, -0.1) is 17.0 Å². The average Bonchev–Trinajstić information content (AvgIpc) is 3.10. The van der Waals surface area contributed by atoms with Gasteiger partial charge in [-0.1, -0.05) is 20.8 Å². The number of nitrogens with two attached hydrogens (primary N) is 1. The van der Waals surface area contributed by atoms with Crippen LogP contribution >= 0.6 is 17.0 Å². The highest BCUT2D eigenvalue weighted by Gasteiger charge is 2.30. The van der Waals surface area contributed by atoms with Crippen LogP contribution in [0.4, 0.5) is 0 Å². The molecule has 1 aliphatic heterocycles. The number of ketones is 1. The quantitative estimate of drug-likeness (QED) is 0.225. The van der Waals surface area contributed by atoms with Crippen LogP contribution in [0.1, 0.15) is 77.9 Å². The van der Waals surface area contributed by atoms with Crippen LogP contribution in [0.25, 0.3) is 0 Å². The van der Waals surface area contributed by atoms with Crippen LogP contribution in [-0.2, 0) is 16.8 Å². The standard InChI is InChI=1S/C27H33N3O7.BrH/c1-5-36-21-11-16-13-30(25(28)17(16)12-18(21)26(29)35)14-20(31)15-9-19(27(2,3)4)24(34)22(10-15)37-8-6-7-23(32)33;/h9-12,28,34H,5-8,13-14H2,1-4H3,(H2,29,35)(H,32,33);1H. The highest BCUT2D eigenvalue weighted by Crippen LogP contribution is 2.39. The molecule has 0 fully saturated rings. The van der Waals surface area contributed by atoms with Crippen molar-refractivity contribution in [2.75, 3.05) is 19.8 Å². The Kier molecular flexibility index (Phi) is 9.91. The van der Waals surface area contributed by atoms with Crippen molar-refractivity contribution in [3.63, 3.8) is 0 Å². The van der Waals surface area contributed by atoms with Gasteiger partial charge in [-0.3, -0.25) is 19.8 Å². The Morgan fingerprint density at radius 2 is 1.79 bits per heavy atom. The lowest BCUT2D eigenvalue weighted by Crippen LogP contribution is -2.30. The minimum absolute atomic E-state index is 0. The zero-order chi connectivity index (χ0) is 27.5. The van der Waals surface area contributed by atoms with Crippen molar-refractivity contribution in [2.24, 2.45) is 5.73 Å². The summed E-state index contributed by atoms with van der Waals surface area (Å²) < 4.78 is 11.2. The number of halogens is 1. The molecule has 0 saturated carbocycles. The molecule has 0 saturated heterocycles. The summed E-state index contributed by atoms with van der Waals surface area (Å²) >= 11 is 0. The fourth-order valence-corrected chi connectivity index (χ4v) is 4.15. The van der Waals surface area contributed by atoms with Crippen molar-refractivity contribution in [2.45, 2.75) is 52.5 Å². The van der Waals surface area contributed by atoms with E-state index < -0.39 is 17.3 Å². The zero-order valence-corrected chi connectivity index (χ0v) is 23.6. The predicted octanol–water partition coefficient (Wildman–Crippen LogP) is 4.03. The van der Waals surface area contributed by atoms with Gasteiger partial charge in [0.05, 0.1) is 25.3 Å². The molecule has 0 unspecified atom stereocenters. The van der Waals surface area contributed by atoms with Crippen LogP contribution in [-0.4, -0.2) is 58.4 Å².